The zero-order chi connectivity index (χ0) is 13.7. The minimum atomic E-state index is 0.402. The molecule has 0 spiro atoms. The summed E-state index contributed by atoms with van der Waals surface area (Å²) in [5.74, 6) is 2.61. The molecular formula is C16H25NO2. The summed E-state index contributed by atoms with van der Waals surface area (Å²) in [5.41, 5.74) is 1.27. The van der Waals surface area contributed by atoms with Crippen LogP contribution in [0.3, 0.4) is 0 Å². The first-order valence-corrected chi connectivity index (χ1v) is 7.23. The molecule has 0 heterocycles. The molecule has 1 aromatic carbocycles. The fraction of sp³-hybridized carbons (Fsp3) is 0.625. The Morgan fingerprint density at radius 1 is 1.16 bits per heavy atom. The average molecular weight is 263 g/mol. The van der Waals surface area contributed by atoms with E-state index in [0.29, 0.717) is 6.04 Å². The van der Waals surface area contributed by atoms with Gasteiger partial charge in [-0.15, -0.1) is 0 Å². The van der Waals surface area contributed by atoms with Crippen molar-refractivity contribution in [1.29, 1.82) is 0 Å². The van der Waals surface area contributed by atoms with E-state index in [1.165, 1.54) is 31.2 Å². The van der Waals surface area contributed by atoms with Gasteiger partial charge >= 0.3 is 0 Å². The average Bonchev–Trinajstić information content (AvgIpc) is 2.40. The Hall–Kier alpha value is -1.22. The quantitative estimate of drug-likeness (QED) is 0.816. The summed E-state index contributed by atoms with van der Waals surface area (Å²) in [4.78, 5) is 0. The highest BCUT2D eigenvalue weighted by Crippen LogP contribution is 2.36. The molecule has 1 saturated carbocycles. The van der Waals surface area contributed by atoms with Gasteiger partial charge in [0, 0.05) is 12.1 Å². The van der Waals surface area contributed by atoms with Crippen LogP contribution in [-0.2, 0) is 0 Å². The van der Waals surface area contributed by atoms with Crippen LogP contribution in [0.1, 0.15) is 44.2 Å². The lowest BCUT2D eigenvalue weighted by Gasteiger charge is -2.30. The number of nitrogens with one attached hydrogen (secondary N) is 1. The van der Waals surface area contributed by atoms with Crippen molar-refractivity contribution in [2.45, 2.75) is 38.6 Å². The zero-order valence-corrected chi connectivity index (χ0v) is 12.2. The Labute approximate surface area is 116 Å². The number of rotatable bonds is 7. The Kier molecular flexibility index (Phi) is 5.08. The number of benzene rings is 1. The summed E-state index contributed by atoms with van der Waals surface area (Å²) in [6.07, 6.45) is 5.36. The molecule has 1 atom stereocenters. The van der Waals surface area contributed by atoms with Gasteiger partial charge in [0.05, 0.1) is 14.2 Å². The topological polar surface area (TPSA) is 30.5 Å². The molecule has 1 fully saturated rings. The van der Waals surface area contributed by atoms with Gasteiger partial charge in [-0.1, -0.05) is 26.2 Å². The first-order valence-electron chi connectivity index (χ1n) is 7.23. The van der Waals surface area contributed by atoms with Crippen LogP contribution in [-0.4, -0.2) is 20.8 Å². The molecular weight excluding hydrogens is 238 g/mol. The van der Waals surface area contributed by atoms with Gasteiger partial charge in [0.25, 0.3) is 0 Å². The van der Waals surface area contributed by atoms with E-state index in [9.17, 15) is 0 Å². The van der Waals surface area contributed by atoms with E-state index in [-0.39, 0.29) is 0 Å². The normalized spacial score (nSPS) is 16.8. The molecule has 1 aliphatic rings. The third-order valence-electron chi connectivity index (χ3n) is 4.02. The van der Waals surface area contributed by atoms with Crippen molar-refractivity contribution in [3.8, 4) is 11.5 Å². The standard InChI is InChI=1S/C16H25NO2/c1-4-17-16(8-12-6-5-7-12)13-9-14(18-2)11-15(10-13)19-3/h9-12,16-17H,4-8H2,1-3H3. The van der Waals surface area contributed by atoms with Crippen LogP contribution in [0.25, 0.3) is 0 Å². The molecule has 3 nitrogen and oxygen atoms in total. The maximum absolute atomic E-state index is 5.36. The third kappa shape index (κ3) is 3.63. The van der Waals surface area contributed by atoms with E-state index >= 15 is 0 Å². The Balaban J connectivity index is 2.18. The summed E-state index contributed by atoms with van der Waals surface area (Å²) < 4.78 is 10.7. The second-order valence-electron chi connectivity index (χ2n) is 5.29. The van der Waals surface area contributed by atoms with E-state index in [0.717, 1.165) is 24.0 Å². The van der Waals surface area contributed by atoms with Crippen molar-refractivity contribution in [2.24, 2.45) is 5.92 Å². The van der Waals surface area contributed by atoms with Gasteiger partial charge in [-0.25, -0.2) is 0 Å². The lowest BCUT2D eigenvalue weighted by molar-refractivity contribution is 0.262. The molecule has 0 amide bonds. The molecule has 0 aliphatic heterocycles. The first-order chi connectivity index (χ1) is 9.26. The van der Waals surface area contributed by atoms with Crippen molar-refractivity contribution in [3.63, 3.8) is 0 Å². The number of ether oxygens (including phenoxy) is 2. The van der Waals surface area contributed by atoms with Crippen LogP contribution < -0.4 is 14.8 Å². The SMILES string of the molecule is CCNC(CC1CCC1)c1cc(OC)cc(OC)c1. The predicted octanol–water partition coefficient (Wildman–Crippen LogP) is 3.54. The molecule has 0 radical (unpaired) electrons. The smallest absolute Gasteiger partial charge is 0.122 e. The second kappa shape index (κ2) is 6.80. The molecule has 2 rings (SSSR count). The molecule has 19 heavy (non-hydrogen) atoms. The monoisotopic (exact) mass is 263 g/mol. The van der Waals surface area contributed by atoms with Gasteiger partial charge < -0.3 is 14.8 Å². The van der Waals surface area contributed by atoms with Crippen LogP contribution >= 0.6 is 0 Å². The number of hydrogen-bond donors (Lipinski definition) is 1. The van der Waals surface area contributed by atoms with Crippen molar-refractivity contribution in [3.05, 3.63) is 23.8 Å². The van der Waals surface area contributed by atoms with Crippen LogP contribution in [0.15, 0.2) is 18.2 Å². The highest BCUT2D eigenvalue weighted by atomic mass is 16.5. The fourth-order valence-corrected chi connectivity index (χ4v) is 2.68. The number of hydrogen-bond acceptors (Lipinski definition) is 3. The van der Waals surface area contributed by atoms with Gasteiger partial charge in [-0.3, -0.25) is 0 Å². The largest absolute Gasteiger partial charge is 0.497 e. The van der Waals surface area contributed by atoms with Gasteiger partial charge in [0.1, 0.15) is 11.5 Å². The van der Waals surface area contributed by atoms with Crippen LogP contribution in [0, 0.1) is 5.92 Å². The van der Waals surface area contributed by atoms with E-state index in [4.69, 9.17) is 9.47 Å². The van der Waals surface area contributed by atoms with Gasteiger partial charge in [-0.2, -0.15) is 0 Å². The molecule has 106 valence electrons. The van der Waals surface area contributed by atoms with E-state index in [1.807, 2.05) is 6.07 Å². The molecule has 1 aromatic rings. The van der Waals surface area contributed by atoms with Gasteiger partial charge in [0.15, 0.2) is 0 Å². The lowest BCUT2D eigenvalue weighted by Crippen LogP contribution is -2.26. The van der Waals surface area contributed by atoms with Gasteiger partial charge in [0.2, 0.25) is 0 Å². The molecule has 1 unspecified atom stereocenters. The molecule has 1 aliphatic carbocycles. The maximum Gasteiger partial charge on any atom is 0.122 e. The minimum Gasteiger partial charge on any atom is -0.497 e. The van der Waals surface area contributed by atoms with Crippen LogP contribution in [0.5, 0.6) is 11.5 Å². The van der Waals surface area contributed by atoms with Gasteiger partial charge in [-0.05, 0) is 36.6 Å². The lowest BCUT2D eigenvalue weighted by atomic mass is 9.79. The highest BCUT2D eigenvalue weighted by Gasteiger charge is 2.23. The van der Waals surface area contributed by atoms with E-state index in [1.54, 1.807) is 14.2 Å². The van der Waals surface area contributed by atoms with Crippen molar-refractivity contribution in [1.82, 2.24) is 5.32 Å². The zero-order valence-electron chi connectivity index (χ0n) is 12.2. The fourth-order valence-electron chi connectivity index (χ4n) is 2.68. The van der Waals surface area contributed by atoms with Crippen molar-refractivity contribution < 1.29 is 9.47 Å². The summed E-state index contributed by atoms with van der Waals surface area (Å²) in [6, 6.07) is 6.57. The Bertz CT molecular complexity index is 379. The molecule has 0 saturated heterocycles. The highest BCUT2D eigenvalue weighted by molar-refractivity contribution is 5.39. The summed E-state index contributed by atoms with van der Waals surface area (Å²) >= 11 is 0. The molecule has 3 heteroatoms. The summed E-state index contributed by atoms with van der Waals surface area (Å²) in [5, 5.41) is 3.59. The van der Waals surface area contributed by atoms with Crippen LogP contribution in [0.4, 0.5) is 0 Å². The summed E-state index contributed by atoms with van der Waals surface area (Å²) in [7, 11) is 3.40. The molecule has 1 N–H and O–H groups in total. The maximum atomic E-state index is 5.36. The first kappa shape index (κ1) is 14.2. The van der Waals surface area contributed by atoms with E-state index < -0.39 is 0 Å². The Morgan fingerprint density at radius 2 is 1.79 bits per heavy atom. The Morgan fingerprint density at radius 3 is 2.21 bits per heavy atom. The predicted molar refractivity (Wildman–Crippen MR) is 77.9 cm³/mol. The van der Waals surface area contributed by atoms with Crippen LogP contribution in [0.2, 0.25) is 0 Å². The van der Waals surface area contributed by atoms with E-state index in [2.05, 4.69) is 24.4 Å². The summed E-state index contributed by atoms with van der Waals surface area (Å²) in [6.45, 7) is 3.14. The second-order valence-corrected chi connectivity index (χ2v) is 5.29. The van der Waals surface area contributed by atoms with Crippen molar-refractivity contribution >= 4 is 0 Å². The molecule has 0 aromatic heterocycles. The minimum absolute atomic E-state index is 0.402. The third-order valence-corrected chi connectivity index (χ3v) is 4.02. The molecule has 0 bridgehead atoms. The number of methoxy groups -OCH3 is 2. The van der Waals surface area contributed by atoms with Crippen molar-refractivity contribution in [2.75, 3.05) is 20.8 Å².